The van der Waals surface area contributed by atoms with Gasteiger partial charge in [0.25, 0.3) is 0 Å². The van der Waals surface area contributed by atoms with E-state index in [1.165, 1.54) is 19.3 Å². The number of methoxy groups -OCH3 is 1. The zero-order valence-electron chi connectivity index (χ0n) is 12.3. The number of esters is 1. The van der Waals surface area contributed by atoms with Gasteiger partial charge in [-0.05, 0) is 52.0 Å². The Morgan fingerprint density at radius 3 is 2.84 bits per heavy atom. The first-order valence-electron chi connectivity index (χ1n) is 7.68. The molecule has 1 heterocycles. The second-order valence-corrected chi connectivity index (χ2v) is 5.76. The molecule has 4 nitrogen and oxygen atoms in total. The minimum Gasteiger partial charge on any atom is -0.466 e. The van der Waals surface area contributed by atoms with Crippen molar-refractivity contribution in [2.75, 3.05) is 26.8 Å². The van der Waals surface area contributed by atoms with Crippen molar-refractivity contribution in [3.05, 3.63) is 0 Å². The second-order valence-electron chi connectivity index (χ2n) is 5.76. The van der Waals surface area contributed by atoms with Crippen molar-refractivity contribution in [1.29, 1.82) is 0 Å². The van der Waals surface area contributed by atoms with Gasteiger partial charge in [-0.15, -0.1) is 0 Å². The van der Waals surface area contributed by atoms with Gasteiger partial charge in [-0.1, -0.05) is 0 Å². The van der Waals surface area contributed by atoms with Gasteiger partial charge in [-0.3, -0.25) is 9.69 Å². The third-order valence-electron chi connectivity index (χ3n) is 4.52. The van der Waals surface area contributed by atoms with E-state index in [9.17, 15) is 4.79 Å². The first kappa shape index (κ1) is 14.8. The number of nitrogens with zero attached hydrogens (tertiary/aromatic N) is 1. The predicted molar refractivity (Wildman–Crippen MR) is 74.0 cm³/mol. The zero-order valence-corrected chi connectivity index (χ0v) is 12.3. The van der Waals surface area contributed by atoms with Crippen LogP contribution in [0.3, 0.4) is 0 Å². The number of hydrogen-bond donors (Lipinski definition) is 0. The quantitative estimate of drug-likeness (QED) is 0.734. The molecule has 0 aromatic heterocycles. The summed E-state index contributed by atoms with van der Waals surface area (Å²) in [5.41, 5.74) is 0. The molecule has 0 N–H and O–H groups in total. The molecular formula is C15H27NO3. The predicted octanol–water partition coefficient (Wildman–Crippen LogP) is 2.22. The van der Waals surface area contributed by atoms with Crippen molar-refractivity contribution in [2.45, 2.75) is 57.6 Å². The number of carbonyl (C=O) groups is 1. The lowest BCUT2D eigenvalue weighted by Gasteiger charge is -2.41. The topological polar surface area (TPSA) is 38.8 Å². The van der Waals surface area contributed by atoms with Crippen LogP contribution in [-0.4, -0.2) is 49.8 Å². The summed E-state index contributed by atoms with van der Waals surface area (Å²) in [6.45, 7) is 4.37. The maximum Gasteiger partial charge on any atom is 0.310 e. The lowest BCUT2D eigenvalue weighted by molar-refractivity contribution is -0.150. The first-order chi connectivity index (χ1) is 9.24. The van der Waals surface area contributed by atoms with Crippen molar-refractivity contribution in [2.24, 2.45) is 5.92 Å². The van der Waals surface area contributed by atoms with Crippen molar-refractivity contribution >= 4 is 5.97 Å². The highest BCUT2D eigenvalue weighted by Crippen LogP contribution is 2.28. The molecule has 1 saturated carbocycles. The van der Waals surface area contributed by atoms with Crippen LogP contribution in [0.4, 0.5) is 0 Å². The third kappa shape index (κ3) is 3.93. The average Bonchev–Trinajstić information content (AvgIpc) is 2.48. The highest BCUT2D eigenvalue weighted by atomic mass is 16.5. The highest BCUT2D eigenvalue weighted by molar-refractivity contribution is 5.72. The second kappa shape index (κ2) is 7.25. The Morgan fingerprint density at radius 2 is 2.11 bits per heavy atom. The molecular weight excluding hydrogens is 242 g/mol. The van der Waals surface area contributed by atoms with Gasteiger partial charge in [0.2, 0.25) is 0 Å². The molecule has 0 spiro atoms. The normalized spacial score (nSPS) is 33.1. The van der Waals surface area contributed by atoms with E-state index >= 15 is 0 Å². The SMILES string of the molecule is CCOC(=O)[C@@H]1CCCN(C2CCCC(OC)C2)C1. The van der Waals surface area contributed by atoms with Crippen molar-refractivity contribution in [3.63, 3.8) is 0 Å². The summed E-state index contributed by atoms with van der Waals surface area (Å²) in [7, 11) is 1.81. The lowest BCUT2D eigenvalue weighted by Crippen LogP contribution is -2.47. The van der Waals surface area contributed by atoms with E-state index in [2.05, 4.69) is 4.90 Å². The molecule has 2 unspecified atom stereocenters. The molecule has 3 atom stereocenters. The Kier molecular flexibility index (Phi) is 5.64. The molecule has 0 amide bonds. The van der Waals surface area contributed by atoms with Crippen LogP contribution >= 0.6 is 0 Å². The molecule has 4 heteroatoms. The van der Waals surface area contributed by atoms with Gasteiger partial charge < -0.3 is 9.47 Å². The van der Waals surface area contributed by atoms with Crippen LogP contribution in [0.15, 0.2) is 0 Å². The van der Waals surface area contributed by atoms with E-state index in [1.54, 1.807) is 0 Å². The third-order valence-corrected chi connectivity index (χ3v) is 4.52. The summed E-state index contributed by atoms with van der Waals surface area (Å²) in [6.07, 6.45) is 7.28. The molecule has 2 fully saturated rings. The molecule has 2 aliphatic rings. The smallest absolute Gasteiger partial charge is 0.310 e. The minimum absolute atomic E-state index is 0.00805. The number of hydrogen-bond acceptors (Lipinski definition) is 4. The maximum atomic E-state index is 11.9. The van der Waals surface area contributed by atoms with Crippen LogP contribution < -0.4 is 0 Å². The standard InChI is InChI=1S/C15H27NO3/c1-3-19-15(17)12-6-5-9-16(11-12)13-7-4-8-14(10-13)18-2/h12-14H,3-11H2,1-2H3/t12-,13?,14?/m1/s1. The summed E-state index contributed by atoms with van der Waals surface area (Å²) < 4.78 is 10.7. The number of ether oxygens (including phenoxy) is 2. The highest BCUT2D eigenvalue weighted by Gasteiger charge is 2.33. The number of rotatable bonds is 4. The maximum absolute atomic E-state index is 11.9. The van der Waals surface area contributed by atoms with E-state index < -0.39 is 0 Å². The molecule has 0 bridgehead atoms. The van der Waals surface area contributed by atoms with E-state index in [4.69, 9.17) is 9.47 Å². The largest absolute Gasteiger partial charge is 0.466 e. The van der Waals surface area contributed by atoms with Gasteiger partial charge in [-0.2, -0.15) is 0 Å². The van der Waals surface area contributed by atoms with Crippen molar-refractivity contribution in [3.8, 4) is 0 Å². The van der Waals surface area contributed by atoms with E-state index in [1.807, 2.05) is 14.0 Å². The molecule has 2 rings (SSSR count). The molecule has 19 heavy (non-hydrogen) atoms. The molecule has 0 radical (unpaired) electrons. The molecule has 0 aromatic carbocycles. The fraction of sp³-hybridized carbons (Fsp3) is 0.933. The minimum atomic E-state index is -0.00805. The van der Waals surface area contributed by atoms with Crippen LogP contribution in [0.25, 0.3) is 0 Å². The summed E-state index contributed by atoms with van der Waals surface area (Å²) >= 11 is 0. The first-order valence-corrected chi connectivity index (χ1v) is 7.68. The number of carbonyl (C=O) groups excluding carboxylic acids is 1. The molecule has 1 aliphatic carbocycles. The van der Waals surface area contributed by atoms with Gasteiger partial charge >= 0.3 is 5.97 Å². The lowest BCUT2D eigenvalue weighted by atomic mass is 9.88. The fourth-order valence-electron chi connectivity index (χ4n) is 3.46. The van der Waals surface area contributed by atoms with Gasteiger partial charge in [-0.25, -0.2) is 0 Å². The summed E-state index contributed by atoms with van der Waals surface area (Å²) in [5.74, 6) is 0.0722. The average molecular weight is 269 g/mol. The van der Waals surface area contributed by atoms with Crippen LogP contribution in [-0.2, 0) is 14.3 Å². The Bertz CT molecular complexity index is 295. The van der Waals surface area contributed by atoms with Crippen molar-refractivity contribution in [1.82, 2.24) is 4.90 Å². The van der Waals surface area contributed by atoms with Crippen LogP contribution in [0.2, 0.25) is 0 Å². The Balaban J connectivity index is 1.87. The number of piperidine rings is 1. The van der Waals surface area contributed by atoms with Crippen LogP contribution in [0.5, 0.6) is 0 Å². The molecule has 1 saturated heterocycles. The van der Waals surface area contributed by atoms with Gasteiger partial charge in [0, 0.05) is 19.7 Å². The van der Waals surface area contributed by atoms with E-state index in [0.717, 1.165) is 32.4 Å². The number of likely N-dealkylation sites (tertiary alicyclic amines) is 1. The Hall–Kier alpha value is -0.610. The fourth-order valence-corrected chi connectivity index (χ4v) is 3.46. The molecule has 0 aromatic rings. The van der Waals surface area contributed by atoms with Gasteiger partial charge in [0.15, 0.2) is 0 Å². The van der Waals surface area contributed by atoms with Crippen LogP contribution in [0.1, 0.15) is 45.4 Å². The summed E-state index contributed by atoms with van der Waals surface area (Å²) in [5, 5.41) is 0. The summed E-state index contributed by atoms with van der Waals surface area (Å²) in [4.78, 5) is 14.4. The van der Waals surface area contributed by atoms with Crippen molar-refractivity contribution < 1.29 is 14.3 Å². The zero-order chi connectivity index (χ0) is 13.7. The summed E-state index contributed by atoms with van der Waals surface area (Å²) in [6, 6.07) is 0.593. The van der Waals surface area contributed by atoms with E-state index in [0.29, 0.717) is 18.8 Å². The molecule has 110 valence electrons. The van der Waals surface area contributed by atoms with Gasteiger partial charge in [0.05, 0.1) is 18.6 Å². The monoisotopic (exact) mass is 269 g/mol. The van der Waals surface area contributed by atoms with Crippen LogP contribution in [0, 0.1) is 5.92 Å². The van der Waals surface area contributed by atoms with E-state index in [-0.39, 0.29) is 11.9 Å². The Labute approximate surface area is 116 Å². The molecule has 1 aliphatic heterocycles. The van der Waals surface area contributed by atoms with Gasteiger partial charge in [0.1, 0.15) is 0 Å². The Morgan fingerprint density at radius 1 is 1.26 bits per heavy atom.